The second kappa shape index (κ2) is 9.70. The van der Waals surface area contributed by atoms with Gasteiger partial charge in [-0.2, -0.15) is 4.98 Å². The van der Waals surface area contributed by atoms with E-state index in [-0.39, 0.29) is 5.91 Å². The maximum Gasteiger partial charge on any atom is 0.227 e. The number of carbonyl (C=O) groups excluding carboxylic acids is 1. The van der Waals surface area contributed by atoms with E-state index in [4.69, 9.17) is 9.26 Å². The molecular weight excluding hydrogens is 306 g/mol. The number of hydrogen-bond donors (Lipinski definition) is 1. The molecule has 0 atom stereocenters. The summed E-state index contributed by atoms with van der Waals surface area (Å²) in [6.07, 6.45) is 4.10. The van der Waals surface area contributed by atoms with E-state index < -0.39 is 0 Å². The van der Waals surface area contributed by atoms with Crippen LogP contribution in [0.25, 0.3) is 11.4 Å². The van der Waals surface area contributed by atoms with E-state index in [2.05, 4.69) is 22.4 Å². The third-order valence-electron chi connectivity index (χ3n) is 3.56. The van der Waals surface area contributed by atoms with Crippen LogP contribution in [0.15, 0.2) is 28.8 Å². The van der Waals surface area contributed by atoms with Gasteiger partial charge in [0.25, 0.3) is 0 Å². The van der Waals surface area contributed by atoms with Crippen LogP contribution in [0, 0.1) is 0 Å². The minimum Gasteiger partial charge on any atom is -0.494 e. The van der Waals surface area contributed by atoms with E-state index in [1.54, 1.807) is 0 Å². The van der Waals surface area contributed by atoms with E-state index in [0.717, 1.165) is 37.1 Å². The lowest BCUT2D eigenvalue weighted by atomic mass is 10.2. The Balaban J connectivity index is 1.81. The Morgan fingerprint density at radius 2 is 2.00 bits per heavy atom. The quantitative estimate of drug-likeness (QED) is 0.675. The summed E-state index contributed by atoms with van der Waals surface area (Å²) >= 11 is 0. The molecular formula is C18H25N3O3. The fourth-order valence-electron chi connectivity index (χ4n) is 2.25. The molecule has 0 saturated heterocycles. The lowest BCUT2D eigenvalue weighted by Crippen LogP contribution is -2.24. The standard InChI is InChI=1S/C18H25N3O3/c1-3-5-6-13-19-16(22)11-12-17-20-18(21-24-17)14-7-9-15(10-8-14)23-4-2/h7-10H,3-6,11-13H2,1-2H3,(H,19,22). The summed E-state index contributed by atoms with van der Waals surface area (Å²) in [6.45, 7) is 5.44. The monoisotopic (exact) mass is 331 g/mol. The van der Waals surface area contributed by atoms with Crippen molar-refractivity contribution in [1.29, 1.82) is 0 Å². The van der Waals surface area contributed by atoms with Crippen LogP contribution in [-0.4, -0.2) is 29.2 Å². The number of nitrogens with one attached hydrogen (secondary N) is 1. The number of benzene rings is 1. The molecule has 1 aromatic heterocycles. The van der Waals surface area contributed by atoms with Gasteiger partial charge >= 0.3 is 0 Å². The van der Waals surface area contributed by atoms with Crippen molar-refractivity contribution >= 4 is 5.91 Å². The Morgan fingerprint density at radius 1 is 1.21 bits per heavy atom. The summed E-state index contributed by atoms with van der Waals surface area (Å²) < 4.78 is 10.6. The van der Waals surface area contributed by atoms with Crippen LogP contribution in [0.1, 0.15) is 45.4 Å². The molecule has 0 fully saturated rings. The Morgan fingerprint density at radius 3 is 2.71 bits per heavy atom. The van der Waals surface area contributed by atoms with Crippen LogP contribution in [0.2, 0.25) is 0 Å². The fourth-order valence-corrected chi connectivity index (χ4v) is 2.25. The molecule has 1 amide bonds. The van der Waals surface area contributed by atoms with Crippen molar-refractivity contribution in [3.05, 3.63) is 30.2 Å². The predicted molar refractivity (Wildman–Crippen MR) is 91.8 cm³/mol. The number of aryl methyl sites for hydroxylation is 1. The predicted octanol–water partition coefficient (Wildman–Crippen LogP) is 3.37. The van der Waals surface area contributed by atoms with Crippen LogP contribution >= 0.6 is 0 Å². The highest BCUT2D eigenvalue weighted by Gasteiger charge is 2.10. The minimum absolute atomic E-state index is 0.0203. The van der Waals surface area contributed by atoms with Crippen molar-refractivity contribution < 1.29 is 14.1 Å². The summed E-state index contributed by atoms with van der Waals surface area (Å²) in [5.41, 5.74) is 0.859. The lowest BCUT2D eigenvalue weighted by molar-refractivity contribution is -0.121. The van der Waals surface area contributed by atoms with Crippen molar-refractivity contribution in [2.45, 2.75) is 46.0 Å². The number of aromatic nitrogens is 2. The van der Waals surface area contributed by atoms with Gasteiger partial charge in [-0.3, -0.25) is 4.79 Å². The van der Waals surface area contributed by atoms with Gasteiger partial charge in [-0.05, 0) is 37.6 Å². The van der Waals surface area contributed by atoms with Crippen molar-refractivity contribution in [2.24, 2.45) is 0 Å². The molecule has 0 spiro atoms. The zero-order chi connectivity index (χ0) is 17.2. The number of carbonyl (C=O) groups is 1. The van der Waals surface area contributed by atoms with Gasteiger partial charge in [0.2, 0.25) is 17.6 Å². The number of ether oxygens (including phenoxy) is 1. The SMILES string of the molecule is CCCCCNC(=O)CCc1nc(-c2ccc(OCC)cc2)no1. The Kier molecular flexibility index (Phi) is 7.26. The molecule has 1 heterocycles. The molecule has 0 aliphatic carbocycles. The van der Waals surface area contributed by atoms with Crippen LogP contribution in [0.5, 0.6) is 5.75 Å². The zero-order valence-electron chi connectivity index (χ0n) is 14.4. The second-order valence-electron chi connectivity index (χ2n) is 5.53. The van der Waals surface area contributed by atoms with Gasteiger partial charge in [-0.15, -0.1) is 0 Å². The number of rotatable bonds is 10. The van der Waals surface area contributed by atoms with Crippen molar-refractivity contribution in [2.75, 3.05) is 13.2 Å². The van der Waals surface area contributed by atoms with Gasteiger partial charge in [0.1, 0.15) is 5.75 Å². The molecule has 6 heteroatoms. The number of nitrogens with zero attached hydrogens (tertiary/aromatic N) is 2. The number of hydrogen-bond acceptors (Lipinski definition) is 5. The molecule has 0 bridgehead atoms. The smallest absolute Gasteiger partial charge is 0.227 e. The van der Waals surface area contributed by atoms with Crippen molar-refractivity contribution in [3.8, 4) is 17.1 Å². The van der Waals surface area contributed by atoms with E-state index in [1.807, 2.05) is 31.2 Å². The maximum atomic E-state index is 11.7. The fraction of sp³-hybridized carbons (Fsp3) is 0.500. The normalized spacial score (nSPS) is 10.6. The highest BCUT2D eigenvalue weighted by Crippen LogP contribution is 2.20. The molecule has 1 N–H and O–H groups in total. The molecule has 0 saturated carbocycles. The van der Waals surface area contributed by atoms with Gasteiger partial charge in [-0.1, -0.05) is 24.9 Å². The Hall–Kier alpha value is -2.37. The summed E-state index contributed by atoms with van der Waals surface area (Å²) in [5, 5.41) is 6.87. The first-order chi connectivity index (χ1) is 11.7. The zero-order valence-corrected chi connectivity index (χ0v) is 14.4. The van der Waals surface area contributed by atoms with Gasteiger partial charge in [0, 0.05) is 24.9 Å². The summed E-state index contributed by atoms with van der Waals surface area (Å²) in [5.74, 6) is 1.83. The molecule has 0 radical (unpaired) electrons. The highest BCUT2D eigenvalue weighted by atomic mass is 16.5. The van der Waals surface area contributed by atoms with Crippen LogP contribution in [0.3, 0.4) is 0 Å². The van der Waals surface area contributed by atoms with Gasteiger partial charge in [-0.25, -0.2) is 0 Å². The van der Waals surface area contributed by atoms with Crippen LogP contribution in [0.4, 0.5) is 0 Å². The average molecular weight is 331 g/mol. The Labute approximate surface area is 142 Å². The van der Waals surface area contributed by atoms with E-state index in [0.29, 0.717) is 31.2 Å². The largest absolute Gasteiger partial charge is 0.494 e. The first kappa shape index (κ1) is 18.0. The van der Waals surface area contributed by atoms with E-state index in [9.17, 15) is 4.79 Å². The lowest BCUT2D eigenvalue weighted by Gasteiger charge is -2.02. The third-order valence-corrected chi connectivity index (χ3v) is 3.56. The third kappa shape index (κ3) is 5.68. The molecule has 24 heavy (non-hydrogen) atoms. The van der Waals surface area contributed by atoms with Gasteiger partial charge in [0.15, 0.2) is 0 Å². The topological polar surface area (TPSA) is 77.2 Å². The Bertz CT molecular complexity index is 623. The van der Waals surface area contributed by atoms with Gasteiger partial charge < -0.3 is 14.6 Å². The second-order valence-corrected chi connectivity index (χ2v) is 5.53. The van der Waals surface area contributed by atoms with Crippen molar-refractivity contribution in [1.82, 2.24) is 15.5 Å². The van der Waals surface area contributed by atoms with Crippen LogP contribution < -0.4 is 10.1 Å². The average Bonchev–Trinajstić information content (AvgIpc) is 3.07. The molecule has 2 aromatic rings. The van der Waals surface area contributed by atoms with Gasteiger partial charge in [0.05, 0.1) is 6.61 Å². The first-order valence-corrected chi connectivity index (χ1v) is 8.55. The maximum absolute atomic E-state index is 11.7. The molecule has 1 aromatic carbocycles. The number of unbranched alkanes of at least 4 members (excludes halogenated alkanes) is 2. The molecule has 130 valence electrons. The molecule has 2 rings (SSSR count). The summed E-state index contributed by atoms with van der Waals surface area (Å²) in [4.78, 5) is 16.1. The molecule has 0 unspecified atom stereocenters. The highest BCUT2D eigenvalue weighted by molar-refractivity contribution is 5.75. The molecule has 0 aliphatic rings. The summed E-state index contributed by atoms with van der Waals surface area (Å²) in [7, 11) is 0. The first-order valence-electron chi connectivity index (χ1n) is 8.55. The van der Waals surface area contributed by atoms with E-state index >= 15 is 0 Å². The molecule has 0 aliphatic heterocycles. The molecule has 6 nitrogen and oxygen atoms in total. The van der Waals surface area contributed by atoms with E-state index in [1.165, 1.54) is 0 Å². The van der Waals surface area contributed by atoms with Crippen LogP contribution in [-0.2, 0) is 11.2 Å². The minimum atomic E-state index is 0.0203. The summed E-state index contributed by atoms with van der Waals surface area (Å²) in [6, 6.07) is 7.53. The number of amides is 1. The van der Waals surface area contributed by atoms with Crippen molar-refractivity contribution in [3.63, 3.8) is 0 Å².